The van der Waals surface area contributed by atoms with Gasteiger partial charge in [0.15, 0.2) is 0 Å². The summed E-state index contributed by atoms with van der Waals surface area (Å²) in [5.74, 6) is 1.71. The summed E-state index contributed by atoms with van der Waals surface area (Å²) in [6.07, 6.45) is 0. The maximum absolute atomic E-state index is 2.74. The number of allylic oxidation sites excluding steroid dienone is 2. The molecule has 3 aliphatic heterocycles. The van der Waals surface area contributed by atoms with Crippen LogP contribution >= 0.6 is 0 Å². The molecular weight excluding hydrogens is 445 g/mol. The van der Waals surface area contributed by atoms with E-state index < -0.39 is 24.2 Å². The van der Waals surface area contributed by atoms with E-state index in [1.807, 2.05) is 0 Å². The molecule has 2 aromatic rings. The van der Waals surface area contributed by atoms with Crippen LogP contribution in [0, 0.1) is 11.8 Å². The molecule has 0 unspecified atom stereocenters. The van der Waals surface area contributed by atoms with Crippen LogP contribution in [0.4, 0.5) is 0 Å². The third kappa shape index (κ3) is 3.18. The van der Waals surface area contributed by atoms with Gasteiger partial charge >= 0.3 is 0 Å². The van der Waals surface area contributed by atoms with Gasteiger partial charge in [0.25, 0.3) is 0 Å². The Labute approximate surface area is 205 Å². The molecule has 3 heterocycles. The Morgan fingerprint density at radius 3 is 1.21 bits per heavy atom. The van der Waals surface area contributed by atoms with Gasteiger partial charge in [0.2, 0.25) is 0 Å². The van der Waals surface area contributed by atoms with Gasteiger partial charge in [-0.25, -0.2) is 0 Å². The van der Waals surface area contributed by atoms with E-state index in [-0.39, 0.29) is 0 Å². The van der Waals surface area contributed by atoms with Gasteiger partial charge in [0.05, 0.1) is 16.1 Å². The van der Waals surface area contributed by atoms with Crippen LogP contribution in [0.25, 0.3) is 11.1 Å². The molecule has 2 fully saturated rings. The van der Waals surface area contributed by atoms with Gasteiger partial charge in [-0.1, -0.05) is 124 Å². The molecule has 0 saturated carbocycles. The van der Waals surface area contributed by atoms with Gasteiger partial charge in [0, 0.05) is 0 Å². The highest BCUT2D eigenvalue weighted by molar-refractivity contribution is 7.22. The first-order valence-corrected chi connectivity index (χ1v) is 21.7. The molecule has 0 amide bonds. The summed E-state index contributed by atoms with van der Waals surface area (Å²) in [7, 11) is -4.99. The monoisotopic (exact) mass is 486 g/mol. The van der Waals surface area contributed by atoms with Crippen molar-refractivity contribution in [1.82, 2.24) is 0 Å². The van der Waals surface area contributed by atoms with Crippen molar-refractivity contribution in [3.63, 3.8) is 0 Å². The molecule has 33 heavy (non-hydrogen) atoms. The summed E-state index contributed by atoms with van der Waals surface area (Å²) in [4.78, 5) is 4.11. The van der Waals surface area contributed by atoms with Gasteiger partial charge < -0.3 is 0 Å². The summed E-state index contributed by atoms with van der Waals surface area (Å²) in [5, 5.41) is 0. The lowest BCUT2D eigenvalue weighted by Gasteiger charge is -2.58. The standard InChI is InChI=1S/C30H42Si3/c1-21-19-33-20-22(2)24(4)32(7,8)30(33)28(26-17-13-10-14-18-26)27(25-15-11-9-12-16-25)29(33)31(5,6)23(21)3/h9-18,21-24H,19-20H2,1-8H3/t21-,22-,23+,24+,33?/m1/s1. The maximum atomic E-state index is 2.74. The van der Waals surface area contributed by atoms with Crippen LogP contribution in [0.2, 0.25) is 49.4 Å². The topological polar surface area (TPSA) is 0 Å². The average Bonchev–Trinajstić information content (AvgIpc) is 3.10. The molecule has 2 aromatic carbocycles. The van der Waals surface area contributed by atoms with Gasteiger partial charge in [-0.3, -0.25) is 0 Å². The summed E-state index contributed by atoms with van der Waals surface area (Å²) < 4.78 is 0. The lowest BCUT2D eigenvalue weighted by molar-refractivity contribution is 0.558. The van der Waals surface area contributed by atoms with Crippen LogP contribution in [0.3, 0.4) is 0 Å². The Morgan fingerprint density at radius 2 is 0.879 bits per heavy atom. The van der Waals surface area contributed by atoms with Crippen LogP contribution in [-0.4, -0.2) is 24.2 Å². The highest BCUT2D eigenvalue weighted by Crippen LogP contribution is 2.67. The highest BCUT2D eigenvalue weighted by Gasteiger charge is 2.65. The van der Waals surface area contributed by atoms with E-state index in [1.54, 1.807) is 11.1 Å². The minimum absolute atomic E-state index is 0.847. The molecular formula is C30H42Si3. The van der Waals surface area contributed by atoms with E-state index in [2.05, 4.69) is 124 Å². The molecule has 0 bridgehead atoms. The largest absolute Gasteiger partial charge is 0.102 e. The second-order valence-electron chi connectivity index (χ2n) is 12.7. The lowest BCUT2D eigenvalue weighted by atomic mass is 9.95. The predicted molar refractivity (Wildman–Crippen MR) is 154 cm³/mol. The van der Waals surface area contributed by atoms with Crippen molar-refractivity contribution < 1.29 is 0 Å². The first-order chi connectivity index (χ1) is 15.5. The summed E-state index contributed by atoms with van der Waals surface area (Å²) in [6.45, 7) is 21.4. The molecule has 1 spiro atoms. The van der Waals surface area contributed by atoms with E-state index in [9.17, 15) is 0 Å². The second kappa shape index (κ2) is 7.79. The van der Waals surface area contributed by atoms with Crippen LogP contribution < -0.4 is 0 Å². The number of hydrogen-bond donors (Lipinski definition) is 0. The normalized spacial score (nSPS) is 31.9. The van der Waals surface area contributed by atoms with Gasteiger partial charge in [-0.2, -0.15) is 0 Å². The van der Waals surface area contributed by atoms with Crippen molar-refractivity contribution >= 4 is 35.4 Å². The summed E-state index contributed by atoms with van der Waals surface area (Å²) in [6, 6.07) is 26.1. The third-order valence-electron chi connectivity index (χ3n) is 10.4. The van der Waals surface area contributed by atoms with E-state index in [4.69, 9.17) is 0 Å². The minimum atomic E-state index is -1.76. The van der Waals surface area contributed by atoms with Crippen LogP contribution in [-0.2, 0) is 0 Å². The SMILES string of the molecule is C[C@@H]1C[Si]23C[C@@H](C)[C@H](C)[Si](C)(C)C2=C(c2ccccc2)C(c2ccccc2)=C3[Si](C)(C)[C@H]1C. The maximum Gasteiger partial charge on any atom is 0.102 e. The van der Waals surface area contributed by atoms with Crippen LogP contribution in [0.15, 0.2) is 70.3 Å². The van der Waals surface area contributed by atoms with Crippen LogP contribution in [0.5, 0.6) is 0 Å². The molecule has 4 atom stereocenters. The van der Waals surface area contributed by atoms with Gasteiger partial charge in [0.1, 0.15) is 8.07 Å². The molecule has 174 valence electrons. The van der Waals surface area contributed by atoms with Crippen molar-refractivity contribution in [3.05, 3.63) is 81.4 Å². The van der Waals surface area contributed by atoms with Crippen molar-refractivity contribution in [1.29, 1.82) is 0 Å². The zero-order valence-corrected chi connectivity index (χ0v) is 25.0. The van der Waals surface area contributed by atoms with E-state index >= 15 is 0 Å². The summed E-state index contributed by atoms with van der Waals surface area (Å²) >= 11 is 0. The number of rotatable bonds is 2. The molecule has 3 heteroatoms. The van der Waals surface area contributed by atoms with Crippen molar-refractivity contribution in [2.45, 2.75) is 77.1 Å². The Balaban J connectivity index is 1.96. The molecule has 2 saturated heterocycles. The smallest absolute Gasteiger partial charge is 0.0779 e. The summed E-state index contributed by atoms with van der Waals surface area (Å²) in [5.41, 5.74) is 8.10. The molecule has 0 aliphatic carbocycles. The Bertz CT molecular complexity index is 1030. The van der Waals surface area contributed by atoms with E-state index in [0.29, 0.717) is 0 Å². The molecule has 0 nitrogen and oxygen atoms in total. The zero-order valence-electron chi connectivity index (χ0n) is 22.0. The van der Waals surface area contributed by atoms with Crippen molar-refractivity contribution in [2.24, 2.45) is 11.8 Å². The third-order valence-corrected chi connectivity index (χ3v) is 31.0. The van der Waals surface area contributed by atoms with E-state index in [1.165, 1.54) is 23.2 Å². The molecule has 0 N–H and O–H groups in total. The van der Waals surface area contributed by atoms with E-state index in [0.717, 1.165) is 22.9 Å². The fourth-order valence-corrected chi connectivity index (χ4v) is 33.8. The Hall–Kier alpha value is -1.43. The average molecular weight is 487 g/mol. The molecule has 0 aromatic heterocycles. The van der Waals surface area contributed by atoms with Gasteiger partial charge in [-0.15, -0.1) is 0 Å². The molecule has 0 radical (unpaired) electrons. The predicted octanol–water partition coefficient (Wildman–Crippen LogP) is 9.01. The Kier molecular flexibility index (Phi) is 5.51. The fraction of sp³-hybridized carbons (Fsp3) is 0.467. The molecule has 5 rings (SSSR count). The number of hydrogen-bond acceptors (Lipinski definition) is 0. The first kappa shape index (κ1) is 23.3. The Morgan fingerprint density at radius 1 is 0.545 bits per heavy atom. The van der Waals surface area contributed by atoms with Gasteiger partial charge in [-0.05, 0) is 57.3 Å². The van der Waals surface area contributed by atoms with Crippen molar-refractivity contribution in [3.8, 4) is 0 Å². The quantitative estimate of drug-likeness (QED) is 0.371. The lowest BCUT2D eigenvalue weighted by Crippen LogP contribution is -2.64. The fourth-order valence-electron chi connectivity index (χ4n) is 8.34. The zero-order chi connectivity index (χ0) is 23.8. The second-order valence-corrected chi connectivity index (χ2v) is 27.4. The highest BCUT2D eigenvalue weighted by atomic mass is 28.4. The van der Waals surface area contributed by atoms with Crippen LogP contribution in [0.1, 0.15) is 38.8 Å². The van der Waals surface area contributed by atoms with Crippen molar-refractivity contribution in [2.75, 3.05) is 0 Å². The number of benzene rings is 2. The first-order valence-electron chi connectivity index (χ1n) is 13.1. The molecule has 3 aliphatic rings. The minimum Gasteiger partial charge on any atom is -0.0779 e.